The predicted octanol–water partition coefficient (Wildman–Crippen LogP) is 3.03. The van der Waals surface area contributed by atoms with Crippen LogP contribution in [-0.2, 0) is 20.9 Å². The van der Waals surface area contributed by atoms with Gasteiger partial charge in [0.15, 0.2) is 11.5 Å². The second kappa shape index (κ2) is 10.9. The maximum atomic E-state index is 13.7. The van der Waals surface area contributed by atoms with Gasteiger partial charge < -0.3 is 19.7 Å². The van der Waals surface area contributed by atoms with E-state index in [4.69, 9.17) is 9.47 Å². The number of pyridine rings is 1. The van der Waals surface area contributed by atoms with Gasteiger partial charge in [0.05, 0.1) is 26.3 Å². The number of hydrogen-bond donors (Lipinski definition) is 1. The summed E-state index contributed by atoms with van der Waals surface area (Å²) in [7, 11) is 2.96. The van der Waals surface area contributed by atoms with Gasteiger partial charge in [-0.2, -0.15) is 0 Å². The highest BCUT2D eigenvalue weighted by Crippen LogP contribution is 2.31. The first-order chi connectivity index (χ1) is 17.8. The van der Waals surface area contributed by atoms with E-state index in [1.54, 1.807) is 60.9 Å². The lowest BCUT2D eigenvalue weighted by Gasteiger charge is -2.28. The molecule has 0 saturated carbocycles. The molecule has 0 radical (unpaired) electrons. The van der Waals surface area contributed by atoms with E-state index in [9.17, 15) is 19.2 Å². The molecule has 0 spiro atoms. The Morgan fingerprint density at radius 2 is 1.78 bits per heavy atom. The normalized spacial score (nSPS) is 14.9. The number of ether oxygens (including phenoxy) is 2. The number of nitrogens with zero attached hydrogens (tertiary/aromatic N) is 3. The van der Waals surface area contributed by atoms with Crippen molar-refractivity contribution in [3.63, 3.8) is 0 Å². The minimum atomic E-state index is -1.02. The molecule has 10 heteroatoms. The summed E-state index contributed by atoms with van der Waals surface area (Å²) in [6.45, 7) is 1.46. The molecule has 10 nitrogen and oxygen atoms in total. The molecule has 1 fully saturated rings. The van der Waals surface area contributed by atoms with Crippen LogP contribution in [0.4, 0.5) is 11.4 Å². The Morgan fingerprint density at radius 3 is 2.41 bits per heavy atom. The van der Waals surface area contributed by atoms with Crippen molar-refractivity contribution in [3.05, 3.63) is 78.1 Å². The first kappa shape index (κ1) is 25.4. The van der Waals surface area contributed by atoms with E-state index >= 15 is 0 Å². The lowest BCUT2D eigenvalue weighted by molar-refractivity contribution is -0.122. The number of benzene rings is 2. The third-order valence-electron chi connectivity index (χ3n) is 5.91. The molecule has 1 aliphatic rings. The summed E-state index contributed by atoms with van der Waals surface area (Å²) in [6.07, 6.45) is 3.04. The Labute approximate surface area is 213 Å². The van der Waals surface area contributed by atoms with Gasteiger partial charge in [0.1, 0.15) is 6.04 Å². The Balaban J connectivity index is 1.66. The zero-order chi connectivity index (χ0) is 26.5. The fourth-order valence-corrected chi connectivity index (χ4v) is 4.17. The molecule has 3 aromatic rings. The van der Waals surface area contributed by atoms with Crippen molar-refractivity contribution in [3.8, 4) is 11.5 Å². The Morgan fingerprint density at radius 1 is 1.05 bits per heavy atom. The van der Waals surface area contributed by atoms with Crippen LogP contribution in [0.15, 0.2) is 67.0 Å². The van der Waals surface area contributed by atoms with Crippen LogP contribution in [0.2, 0.25) is 0 Å². The fraction of sp³-hybridized carbons (Fsp3) is 0.222. The van der Waals surface area contributed by atoms with E-state index in [0.29, 0.717) is 28.4 Å². The van der Waals surface area contributed by atoms with E-state index < -0.39 is 23.8 Å². The molecule has 0 bridgehead atoms. The number of aromatic nitrogens is 1. The summed E-state index contributed by atoms with van der Waals surface area (Å²) in [4.78, 5) is 58.1. The molecule has 1 saturated heterocycles. The molecule has 0 aliphatic carbocycles. The SMILES string of the molecule is COc1ccc(C(=O)N(Cc2cccnc2)C2CC(=O)N(c3ccc(NC(C)=O)cc3)C2=O)cc1OC. The van der Waals surface area contributed by atoms with E-state index in [2.05, 4.69) is 10.3 Å². The van der Waals surface area contributed by atoms with E-state index in [0.717, 1.165) is 4.90 Å². The first-order valence-electron chi connectivity index (χ1n) is 11.5. The number of carbonyl (C=O) groups is 4. The zero-order valence-corrected chi connectivity index (χ0v) is 20.6. The van der Waals surface area contributed by atoms with Gasteiger partial charge in [-0.3, -0.25) is 24.2 Å². The smallest absolute Gasteiger partial charge is 0.257 e. The van der Waals surface area contributed by atoms with Crippen LogP contribution in [0.1, 0.15) is 29.3 Å². The Hall–Kier alpha value is -4.73. The summed E-state index contributed by atoms with van der Waals surface area (Å²) in [5.41, 5.74) is 1.87. The number of anilines is 2. The monoisotopic (exact) mass is 502 g/mol. The molecule has 2 aromatic carbocycles. The largest absolute Gasteiger partial charge is 0.493 e. The molecule has 4 amide bonds. The fourth-order valence-electron chi connectivity index (χ4n) is 4.17. The molecule has 1 unspecified atom stereocenters. The van der Waals surface area contributed by atoms with E-state index in [1.165, 1.54) is 32.1 Å². The summed E-state index contributed by atoms with van der Waals surface area (Å²) in [5.74, 6) is -0.809. The Bertz CT molecular complexity index is 1330. The highest BCUT2D eigenvalue weighted by molar-refractivity contribution is 6.23. The van der Waals surface area contributed by atoms with Gasteiger partial charge in [-0.25, -0.2) is 4.90 Å². The average Bonchev–Trinajstić information content (AvgIpc) is 3.20. The number of carbonyl (C=O) groups excluding carboxylic acids is 4. The van der Waals surface area contributed by atoms with Gasteiger partial charge in [-0.05, 0) is 54.1 Å². The van der Waals surface area contributed by atoms with Gasteiger partial charge >= 0.3 is 0 Å². The van der Waals surface area contributed by atoms with Crippen molar-refractivity contribution in [2.24, 2.45) is 0 Å². The predicted molar refractivity (Wildman–Crippen MR) is 135 cm³/mol. The molecule has 1 aromatic heterocycles. The van der Waals surface area contributed by atoms with Crippen LogP contribution >= 0.6 is 0 Å². The lowest BCUT2D eigenvalue weighted by Crippen LogP contribution is -2.45. The number of hydrogen-bond acceptors (Lipinski definition) is 7. The number of imide groups is 1. The van der Waals surface area contributed by atoms with Crippen molar-refractivity contribution in [2.75, 3.05) is 24.4 Å². The third-order valence-corrected chi connectivity index (χ3v) is 5.91. The first-order valence-corrected chi connectivity index (χ1v) is 11.5. The second-order valence-corrected chi connectivity index (χ2v) is 8.38. The lowest BCUT2D eigenvalue weighted by atomic mass is 10.1. The molecule has 37 heavy (non-hydrogen) atoms. The minimum Gasteiger partial charge on any atom is -0.493 e. The van der Waals surface area contributed by atoms with Crippen LogP contribution in [0, 0.1) is 0 Å². The standard InChI is InChI=1S/C27H26N4O6/c1-17(32)29-20-7-9-21(10-8-20)31-25(33)14-22(27(31)35)30(16-18-5-4-12-28-15-18)26(34)19-6-11-23(36-2)24(13-19)37-3/h4-13,15,22H,14,16H2,1-3H3,(H,29,32). The molecular formula is C27H26N4O6. The van der Waals surface area contributed by atoms with Crippen molar-refractivity contribution >= 4 is 35.0 Å². The molecule has 1 aliphatic heterocycles. The van der Waals surface area contributed by atoms with Crippen LogP contribution in [0.5, 0.6) is 11.5 Å². The minimum absolute atomic E-state index is 0.0695. The van der Waals surface area contributed by atoms with Gasteiger partial charge in [0.25, 0.3) is 11.8 Å². The van der Waals surface area contributed by atoms with Gasteiger partial charge in [-0.1, -0.05) is 6.07 Å². The second-order valence-electron chi connectivity index (χ2n) is 8.38. The number of rotatable bonds is 8. The van der Waals surface area contributed by atoms with Gasteiger partial charge in [0, 0.05) is 37.1 Å². The topological polar surface area (TPSA) is 118 Å². The summed E-state index contributed by atoms with van der Waals surface area (Å²) < 4.78 is 10.6. The summed E-state index contributed by atoms with van der Waals surface area (Å²) in [6, 6.07) is 13.6. The molecule has 4 rings (SSSR count). The number of amides is 4. The van der Waals surface area contributed by atoms with E-state index in [1.807, 2.05) is 0 Å². The van der Waals surface area contributed by atoms with Gasteiger partial charge in [0.2, 0.25) is 11.8 Å². The van der Waals surface area contributed by atoms with Crippen molar-refractivity contribution < 1.29 is 28.7 Å². The van der Waals surface area contributed by atoms with Crippen LogP contribution < -0.4 is 19.7 Å². The highest BCUT2D eigenvalue weighted by atomic mass is 16.5. The van der Waals surface area contributed by atoms with Gasteiger partial charge in [-0.15, -0.1) is 0 Å². The summed E-state index contributed by atoms with van der Waals surface area (Å²) >= 11 is 0. The molecule has 190 valence electrons. The quantitative estimate of drug-likeness (QED) is 0.471. The van der Waals surface area contributed by atoms with Crippen molar-refractivity contribution in [1.82, 2.24) is 9.88 Å². The third kappa shape index (κ3) is 5.43. The highest BCUT2D eigenvalue weighted by Gasteiger charge is 2.44. The molecule has 1 N–H and O–H groups in total. The van der Waals surface area contributed by atoms with E-state index in [-0.39, 0.29) is 24.4 Å². The van der Waals surface area contributed by atoms with Crippen LogP contribution in [0.25, 0.3) is 0 Å². The zero-order valence-electron chi connectivity index (χ0n) is 20.6. The molecule has 1 atom stereocenters. The molecule has 2 heterocycles. The average molecular weight is 503 g/mol. The summed E-state index contributed by atoms with van der Waals surface area (Å²) in [5, 5.41) is 2.64. The van der Waals surface area contributed by atoms with Crippen molar-refractivity contribution in [2.45, 2.75) is 25.9 Å². The van der Waals surface area contributed by atoms with Crippen LogP contribution in [-0.4, -0.2) is 53.8 Å². The maximum Gasteiger partial charge on any atom is 0.257 e. The van der Waals surface area contributed by atoms with Crippen molar-refractivity contribution in [1.29, 1.82) is 0 Å². The van der Waals surface area contributed by atoms with Crippen LogP contribution in [0.3, 0.4) is 0 Å². The Kier molecular flexibility index (Phi) is 7.47. The number of nitrogens with one attached hydrogen (secondary N) is 1. The number of methoxy groups -OCH3 is 2. The molecular weight excluding hydrogens is 476 g/mol. The maximum absolute atomic E-state index is 13.7.